The number of hydrogen-bond donors (Lipinski definition) is 1. The molecule has 1 N–H and O–H groups in total. The summed E-state index contributed by atoms with van der Waals surface area (Å²) >= 11 is 6.01. The van der Waals surface area contributed by atoms with Crippen molar-refractivity contribution in [2.45, 2.75) is 36.7 Å². The molecular formula is C19H22ClNOS. The molecule has 0 aromatic heterocycles. The average molecular weight is 348 g/mol. The van der Waals surface area contributed by atoms with Gasteiger partial charge in [-0.1, -0.05) is 35.9 Å². The predicted octanol–water partition coefficient (Wildman–Crippen LogP) is 4.88. The number of hydrogen-bond acceptors (Lipinski definition) is 2. The molecule has 0 radical (unpaired) electrons. The van der Waals surface area contributed by atoms with Crippen molar-refractivity contribution in [3.05, 3.63) is 64.7 Å². The van der Waals surface area contributed by atoms with Gasteiger partial charge in [-0.2, -0.15) is 0 Å². The zero-order valence-electron chi connectivity index (χ0n) is 13.5. The summed E-state index contributed by atoms with van der Waals surface area (Å²) in [6.07, 6.45) is 4.27. The second kappa shape index (κ2) is 7.16. The molecule has 2 aromatic carbocycles. The Kier molecular flexibility index (Phi) is 5.20. The van der Waals surface area contributed by atoms with Crippen molar-refractivity contribution < 1.29 is 4.21 Å². The number of nitrogens with one attached hydrogen (secondary N) is 1. The highest BCUT2D eigenvalue weighted by molar-refractivity contribution is 7.84. The van der Waals surface area contributed by atoms with Crippen LogP contribution in [0, 0.1) is 5.92 Å². The normalized spacial score (nSPS) is 18.4. The maximum Gasteiger partial charge on any atom is 0.0498 e. The Morgan fingerprint density at radius 2 is 1.61 bits per heavy atom. The SMILES string of the molecule is C[C@H](N[C@@H](c1ccc(Cl)cc1)C1CC1)c1ccc([S@](C)=O)cc1. The van der Waals surface area contributed by atoms with Crippen LogP contribution in [0.25, 0.3) is 0 Å². The molecule has 0 amide bonds. The molecule has 3 rings (SSSR count). The second-order valence-corrected chi connectivity index (χ2v) is 8.09. The fourth-order valence-electron chi connectivity index (χ4n) is 2.92. The maximum atomic E-state index is 11.5. The molecule has 122 valence electrons. The molecular weight excluding hydrogens is 326 g/mol. The fraction of sp³-hybridized carbons (Fsp3) is 0.368. The van der Waals surface area contributed by atoms with Crippen molar-refractivity contribution in [2.75, 3.05) is 6.26 Å². The molecule has 0 heterocycles. The van der Waals surface area contributed by atoms with E-state index in [0.717, 1.165) is 9.92 Å². The van der Waals surface area contributed by atoms with E-state index in [4.69, 9.17) is 11.6 Å². The van der Waals surface area contributed by atoms with E-state index >= 15 is 0 Å². The zero-order valence-corrected chi connectivity index (χ0v) is 15.0. The third-order valence-corrected chi connectivity index (χ3v) is 5.65. The van der Waals surface area contributed by atoms with Crippen molar-refractivity contribution in [1.29, 1.82) is 0 Å². The standard InChI is InChI=1S/C19H22ClNOS/c1-13(14-7-11-18(12-8-14)23(2)22)21-19(15-3-4-15)16-5-9-17(20)10-6-16/h5-13,15,19,21H,3-4H2,1-2H3/t13-,19+,23-/m0/s1. The summed E-state index contributed by atoms with van der Waals surface area (Å²) in [5.41, 5.74) is 2.52. The summed E-state index contributed by atoms with van der Waals surface area (Å²) in [5, 5.41) is 4.54. The van der Waals surface area contributed by atoms with Gasteiger partial charge in [-0.15, -0.1) is 0 Å². The lowest BCUT2D eigenvalue weighted by atomic mass is 9.99. The highest BCUT2D eigenvalue weighted by atomic mass is 35.5. The van der Waals surface area contributed by atoms with E-state index in [1.165, 1.54) is 24.0 Å². The van der Waals surface area contributed by atoms with Gasteiger partial charge in [0.2, 0.25) is 0 Å². The zero-order chi connectivity index (χ0) is 16.4. The van der Waals surface area contributed by atoms with Crippen molar-refractivity contribution in [3.63, 3.8) is 0 Å². The summed E-state index contributed by atoms with van der Waals surface area (Å²) in [6.45, 7) is 2.18. The van der Waals surface area contributed by atoms with Gasteiger partial charge in [0.1, 0.15) is 0 Å². The molecule has 0 aliphatic heterocycles. The van der Waals surface area contributed by atoms with Gasteiger partial charge in [-0.25, -0.2) is 0 Å². The third kappa shape index (κ3) is 4.23. The second-order valence-electron chi connectivity index (χ2n) is 6.28. The molecule has 0 saturated heterocycles. The van der Waals surface area contributed by atoms with Gasteiger partial charge in [0.05, 0.1) is 0 Å². The van der Waals surface area contributed by atoms with E-state index in [9.17, 15) is 4.21 Å². The molecule has 1 aliphatic carbocycles. The van der Waals surface area contributed by atoms with E-state index in [1.807, 2.05) is 24.3 Å². The number of benzene rings is 2. The summed E-state index contributed by atoms with van der Waals surface area (Å²) in [4.78, 5) is 0.873. The van der Waals surface area contributed by atoms with Crippen molar-refractivity contribution in [3.8, 4) is 0 Å². The average Bonchev–Trinajstić information content (AvgIpc) is 3.38. The van der Waals surface area contributed by atoms with Crippen LogP contribution >= 0.6 is 11.6 Å². The lowest BCUT2D eigenvalue weighted by molar-refractivity contribution is 0.427. The van der Waals surface area contributed by atoms with Gasteiger partial charge < -0.3 is 5.32 Å². The van der Waals surface area contributed by atoms with Crippen LogP contribution in [-0.4, -0.2) is 10.5 Å². The molecule has 0 unspecified atom stereocenters. The van der Waals surface area contributed by atoms with Gasteiger partial charge in [-0.3, -0.25) is 4.21 Å². The lowest BCUT2D eigenvalue weighted by Gasteiger charge is -2.24. The molecule has 0 spiro atoms. The minimum Gasteiger partial charge on any atom is -0.303 e. The summed E-state index contributed by atoms with van der Waals surface area (Å²) in [7, 11) is -0.923. The molecule has 1 saturated carbocycles. The van der Waals surface area contributed by atoms with Crippen LogP contribution in [-0.2, 0) is 10.8 Å². The Morgan fingerprint density at radius 1 is 1.04 bits per heavy atom. The first-order valence-electron chi connectivity index (χ1n) is 7.99. The minimum atomic E-state index is -0.923. The first-order valence-corrected chi connectivity index (χ1v) is 9.93. The van der Waals surface area contributed by atoms with Gasteiger partial charge in [0, 0.05) is 39.1 Å². The van der Waals surface area contributed by atoms with Crippen LogP contribution < -0.4 is 5.32 Å². The Morgan fingerprint density at radius 3 is 2.13 bits per heavy atom. The molecule has 3 atom stereocenters. The largest absolute Gasteiger partial charge is 0.303 e. The Labute approximate surface area is 145 Å². The number of halogens is 1. The Balaban J connectivity index is 1.74. The smallest absolute Gasteiger partial charge is 0.0498 e. The van der Waals surface area contributed by atoms with E-state index < -0.39 is 10.8 Å². The van der Waals surface area contributed by atoms with Crippen molar-refractivity contribution in [1.82, 2.24) is 5.32 Å². The minimum absolute atomic E-state index is 0.246. The Bertz CT molecular complexity index is 680. The van der Waals surface area contributed by atoms with Crippen molar-refractivity contribution in [2.24, 2.45) is 5.92 Å². The summed E-state index contributed by atoms with van der Waals surface area (Å²) < 4.78 is 11.5. The van der Waals surface area contributed by atoms with Gasteiger partial charge >= 0.3 is 0 Å². The third-order valence-electron chi connectivity index (χ3n) is 4.46. The van der Waals surface area contributed by atoms with E-state index in [0.29, 0.717) is 12.0 Å². The molecule has 1 aliphatic rings. The monoisotopic (exact) mass is 347 g/mol. The fourth-order valence-corrected chi connectivity index (χ4v) is 3.56. The van der Waals surface area contributed by atoms with Crippen LogP contribution in [0.2, 0.25) is 5.02 Å². The Hall–Kier alpha value is -1.16. The molecule has 4 heteroatoms. The van der Waals surface area contributed by atoms with Gasteiger partial charge in [-0.05, 0) is 61.1 Å². The van der Waals surface area contributed by atoms with E-state index in [2.05, 4.69) is 36.5 Å². The van der Waals surface area contributed by atoms with Crippen LogP contribution in [0.4, 0.5) is 0 Å². The number of rotatable bonds is 6. The molecule has 1 fully saturated rings. The van der Waals surface area contributed by atoms with Gasteiger partial charge in [0.25, 0.3) is 0 Å². The van der Waals surface area contributed by atoms with Crippen LogP contribution in [0.1, 0.15) is 43.0 Å². The van der Waals surface area contributed by atoms with E-state index in [-0.39, 0.29) is 6.04 Å². The maximum absolute atomic E-state index is 11.5. The highest BCUT2D eigenvalue weighted by Gasteiger charge is 2.33. The highest BCUT2D eigenvalue weighted by Crippen LogP contribution is 2.42. The van der Waals surface area contributed by atoms with Crippen LogP contribution in [0.3, 0.4) is 0 Å². The summed E-state index contributed by atoms with van der Waals surface area (Å²) in [5.74, 6) is 0.709. The first kappa shape index (κ1) is 16.7. The molecule has 23 heavy (non-hydrogen) atoms. The molecule has 0 bridgehead atoms. The quantitative estimate of drug-likeness (QED) is 0.806. The molecule has 2 nitrogen and oxygen atoms in total. The lowest BCUT2D eigenvalue weighted by Crippen LogP contribution is -2.26. The summed E-state index contributed by atoms with van der Waals surface area (Å²) in [6, 6.07) is 16.8. The van der Waals surface area contributed by atoms with Gasteiger partial charge in [0.15, 0.2) is 0 Å². The predicted molar refractivity (Wildman–Crippen MR) is 97.2 cm³/mol. The van der Waals surface area contributed by atoms with E-state index in [1.54, 1.807) is 6.26 Å². The van der Waals surface area contributed by atoms with Crippen LogP contribution in [0.15, 0.2) is 53.4 Å². The van der Waals surface area contributed by atoms with Crippen molar-refractivity contribution >= 4 is 22.4 Å². The molecule has 2 aromatic rings. The first-order chi connectivity index (χ1) is 11.0. The van der Waals surface area contributed by atoms with Crippen LogP contribution in [0.5, 0.6) is 0 Å². The topological polar surface area (TPSA) is 29.1 Å².